The molecule has 1 saturated heterocycles. The second-order valence-corrected chi connectivity index (χ2v) is 6.76. The maximum Gasteiger partial charge on any atom is 0.417 e. The number of amides is 2. The van der Waals surface area contributed by atoms with E-state index in [4.69, 9.17) is 0 Å². The van der Waals surface area contributed by atoms with E-state index in [-0.39, 0.29) is 11.5 Å². The minimum Gasteiger partial charge on any atom is -0.353 e. The number of alkyl halides is 3. The lowest BCUT2D eigenvalue weighted by Crippen LogP contribution is -2.49. The number of piperazine rings is 1. The van der Waals surface area contributed by atoms with Crippen LogP contribution in [0, 0.1) is 0 Å². The molecular formula is C20H21F3N4O2. The van der Waals surface area contributed by atoms with Crippen LogP contribution < -0.4 is 10.2 Å². The van der Waals surface area contributed by atoms with Crippen LogP contribution in [0.4, 0.5) is 19.0 Å². The molecule has 6 nitrogen and oxygen atoms in total. The lowest BCUT2D eigenvalue weighted by molar-refractivity contribution is -0.138. The van der Waals surface area contributed by atoms with E-state index in [0.29, 0.717) is 32.7 Å². The Labute approximate surface area is 166 Å². The number of pyridine rings is 1. The van der Waals surface area contributed by atoms with Crippen LogP contribution in [-0.4, -0.2) is 47.9 Å². The Bertz CT molecular complexity index is 876. The van der Waals surface area contributed by atoms with E-state index in [1.165, 1.54) is 30.0 Å². The maximum atomic E-state index is 13.2. The van der Waals surface area contributed by atoms with Crippen LogP contribution in [0.5, 0.6) is 0 Å². The van der Waals surface area contributed by atoms with Gasteiger partial charge in [-0.3, -0.25) is 9.59 Å². The standard InChI is InChI=1S/C20H21F3N4O2/c1-14(28)24-12-15-6-7-18(25-13-15)26-8-10-27(11-9-26)19(29)16-4-2-3-5-17(16)20(21,22)23/h2-7,13H,8-12H2,1H3,(H,24,28). The molecule has 2 heterocycles. The summed E-state index contributed by atoms with van der Waals surface area (Å²) in [5.74, 6) is -0.0162. The van der Waals surface area contributed by atoms with E-state index in [9.17, 15) is 22.8 Å². The number of halogens is 3. The highest BCUT2D eigenvalue weighted by molar-refractivity contribution is 5.96. The number of aromatic nitrogens is 1. The molecule has 0 bridgehead atoms. The lowest BCUT2D eigenvalue weighted by Gasteiger charge is -2.35. The molecule has 1 N–H and O–H groups in total. The van der Waals surface area contributed by atoms with E-state index in [2.05, 4.69) is 10.3 Å². The number of carbonyl (C=O) groups excluding carboxylic acids is 2. The maximum absolute atomic E-state index is 13.2. The van der Waals surface area contributed by atoms with Crippen molar-refractivity contribution in [3.05, 3.63) is 59.3 Å². The van der Waals surface area contributed by atoms with Crippen LogP contribution in [0.15, 0.2) is 42.6 Å². The van der Waals surface area contributed by atoms with Gasteiger partial charge in [-0.1, -0.05) is 18.2 Å². The first-order valence-electron chi connectivity index (χ1n) is 9.15. The molecule has 0 radical (unpaired) electrons. The Morgan fingerprint density at radius 3 is 2.34 bits per heavy atom. The van der Waals surface area contributed by atoms with Gasteiger partial charge in [-0.25, -0.2) is 4.98 Å². The SMILES string of the molecule is CC(=O)NCc1ccc(N2CCN(C(=O)c3ccccc3C(F)(F)F)CC2)nc1. The number of carbonyl (C=O) groups is 2. The van der Waals surface area contributed by atoms with Crippen LogP contribution in [0.25, 0.3) is 0 Å². The topological polar surface area (TPSA) is 65.5 Å². The van der Waals surface area contributed by atoms with Gasteiger partial charge in [0.1, 0.15) is 5.82 Å². The van der Waals surface area contributed by atoms with Gasteiger partial charge < -0.3 is 15.1 Å². The number of nitrogens with zero attached hydrogens (tertiary/aromatic N) is 3. The predicted molar refractivity (Wildman–Crippen MR) is 101 cm³/mol. The van der Waals surface area contributed by atoms with Crippen LogP contribution in [0.1, 0.15) is 28.4 Å². The zero-order valence-electron chi connectivity index (χ0n) is 15.9. The van der Waals surface area contributed by atoms with Gasteiger partial charge in [0.25, 0.3) is 5.91 Å². The molecule has 0 unspecified atom stereocenters. The fourth-order valence-electron chi connectivity index (χ4n) is 3.16. The zero-order chi connectivity index (χ0) is 21.0. The highest BCUT2D eigenvalue weighted by Gasteiger charge is 2.36. The number of benzene rings is 1. The highest BCUT2D eigenvalue weighted by Crippen LogP contribution is 2.32. The van der Waals surface area contributed by atoms with E-state index in [1.807, 2.05) is 17.0 Å². The molecular weight excluding hydrogens is 385 g/mol. The number of rotatable bonds is 4. The summed E-state index contributed by atoms with van der Waals surface area (Å²) < 4.78 is 39.5. The van der Waals surface area contributed by atoms with Crippen molar-refractivity contribution in [3.8, 4) is 0 Å². The summed E-state index contributed by atoms with van der Waals surface area (Å²) >= 11 is 0. The molecule has 0 saturated carbocycles. The summed E-state index contributed by atoms with van der Waals surface area (Å²) in [7, 11) is 0. The first-order chi connectivity index (χ1) is 13.8. The van der Waals surface area contributed by atoms with Crippen molar-refractivity contribution in [1.82, 2.24) is 15.2 Å². The van der Waals surface area contributed by atoms with Crippen molar-refractivity contribution in [2.45, 2.75) is 19.6 Å². The third kappa shape index (κ3) is 5.04. The van der Waals surface area contributed by atoms with Crippen LogP contribution >= 0.6 is 0 Å². The molecule has 29 heavy (non-hydrogen) atoms. The summed E-state index contributed by atoms with van der Waals surface area (Å²) in [6, 6.07) is 8.54. The van der Waals surface area contributed by atoms with Gasteiger partial charge in [-0.05, 0) is 23.8 Å². The molecule has 0 atom stereocenters. The Kier molecular flexibility index (Phi) is 6.05. The molecule has 1 aliphatic heterocycles. The predicted octanol–water partition coefficient (Wildman–Crippen LogP) is 2.70. The van der Waals surface area contributed by atoms with E-state index < -0.39 is 17.6 Å². The average Bonchev–Trinajstić information content (AvgIpc) is 2.71. The molecule has 1 aromatic heterocycles. The van der Waals surface area contributed by atoms with Crippen molar-refractivity contribution in [2.75, 3.05) is 31.1 Å². The Hall–Kier alpha value is -3.10. The fraction of sp³-hybridized carbons (Fsp3) is 0.350. The highest BCUT2D eigenvalue weighted by atomic mass is 19.4. The summed E-state index contributed by atoms with van der Waals surface area (Å²) in [5.41, 5.74) is -0.376. The van der Waals surface area contributed by atoms with Crippen LogP contribution in [0.2, 0.25) is 0 Å². The Balaban J connectivity index is 1.62. The van der Waals surface area contributed by atoms with Crippen molar-refractivity contribution in [3.63, 3.8) is 0 Å². The Morgan fingerprint density at radius 1 is 1.07 bits per heavy atom. The van der Waals surface area contributed by atoms with Gasteiger partial charge in [-0.2, -0.15) is 13.2 Å². The second-order valence-electron chi connectivity index (χ2n) is 6.76. The zero-order valence-corrected chi connectivity index (χ0v) is 15.9. The molecule has 1 fully saturated rings. The van der Waals surface area contributed by atoms with Gasteiger partial charge in [0.15, 0.2) is 0 Å². The summed E-state index contributed by atoms with van der Waals surface area (Å²) in [4.78, 5) is 31.4. The van der Waals surface area contributed by atoms with Gasteiger partial charge in [0, 0.05) is 45.8 Å². The molecule has 2 aromatic rings. The van der Waals surface area contributed by atoms with Crippen LogP contribution in [-0.2, 0) is 17.5 Å². The fourth-order valence-corrected chi connectivity index (χ4v) is 3.16. The number of hydrogen-bond acceptors (Lipinski definition) is 4. The van der Waals surface area contributed by atoms with Gasteiger partial charge >= 0.3 is 6.18 Å². The largest absolute Gasteiger partial charge is 0.417 e. The summed E-state index contributed by atoms with van der Waals surface area (Å²) in [6.45, 7) is 3.38. The first kappa shape index (κ1) is 20.6. The van der Waals surface area contributed by atoms with Crippen molar-refractivity contribution >= 4 is 17.6 Å². The lowest BCUT2D eigenvalue weighted by atomic mass is 10.1. The summed E-state index contributed by atoms with van der Waals surface area (Å²) in [6.07, 6.45) is -2.90. The molecule has 9 heteroatoms. The van der Waals surface area contributed by atoms with E-state index in [1.54, 1.807) is 6.20 Å². The van der Waals surface area contributed by atoms with E-state index >= 15 is 0 Å². The number of anilines is 1. The van der Waals surface area contributed by atoms with Crippen molar-refractivity contribution in [1.29, 1.82) is 0 Å². The molecule has 154 valence electrons. The quantitative estimate of drug-likeness (QED) is 0.848. The van der Waals surface area contributed by atoms with Gasteiger partial charge in [0.2, 0.25) is 5.91 Å². The van der Waals surface area contributed by atoms with Crippen molar-refractivity contribution < 1.29 is 22.8 Å². The molecule has 0 aliphatic carbocycles. The van der Waals surface area contributed by atoms with Gasteiger partial charge in [0.05, 0.1) is 11.1 Å². The second kappa shape index (κ2) is 8.50. The molecule has 1 aromatic carbocycles. The first-order valence-corrected chi connectivity index (χ1v) is 9.15. The monoisotopic (exact) mass is 406 g/mol. The smallest absolute Gasteiger partial charge is 0.353 e. The van der Waals surface area contributed by atoms with Gasteiger partial charge in [-0.15, -0.1) is 0 Å². The third-order valence-corrected chi connectivity index (χ3v) is 4.70. The minimum absolute atomic E-state index is 0.123. The molecule has 0 spiro atoms. The minimum atomic E-state index is -4.57. The molecule has 3 rings (SSSR count). The number of nitrogens with one attached hydrogen (secondary N) is 1. The number of hydrogen-bond donors (Lipinski definition) is 1. The molecule has 1 aliphatic rings. The molecule has 2 amide bonds. The summed E-state index contributed by atoms with van der Waals surface area (Å²) in [5, 5.41) is 2.69. The van der Waals surface area contributed by atoms with E-state index in [0.717, 1.165) is 17.4 Å². The Morgan fingerprint density at radius 2 is 1.76 bits per heavy atom. The van der Waals surface area contributed by atoms with Crippen LogP contribution in [0.3, 0.4) is 0 Å². The average molecular weight is 406 g/mol. The normalized spacial score (nSPS) is 14.6. The van der Waals surface area contributed by atoms with Crippen molar-refractivity contribution in [2.24, 2.45) is 0 Å². The third-order valence-electron chi connectivity index (χ3n) is 4.70.